The molecule has 0 radical (unpaired) electrons. The first kappa shape index (κ1) is 7.79. The summed E-state index contributed by atoms with van der Waals surface area (Å²) in [5.41, 5.74) is 1.45. The van der Waals surface area contributed by atoms with Gasteiger partial charge in [-0.3, -0.25) is 9.36 Å². The largest absolute Gasteiger partial charge is 0.419 e. The zero-order valence-electron chi connectivity index (χ0n) is 6.98. The topological polar surface area (TPSA) is 52.2 Å². The SMILES string of the molecule is Cn1c(=O)oc2cccc(C=O)c21. The molecule has 2 rings (SSSR count). The van der Waals surface area contributed by atoms with Crippen molar-refractivity contribution in [3.05, 3.63) is 34.3 Å². The number of aryl methyl sites for hydroxylation is 1. The van der Waals surface area contributed by atoms with Crippen LogP contribution in [-0.4, -0.2) is 10.9 Å². The van der Waals surface area contributed by atoms with E-state index < -0.39 is 5.76 Å². The Morgan fingerprint density at radius 1 is 1.46 bits per heavy atom. The maximum atomic E-state index is 11.1. The third kappa shape index (κ3) is 0.989. The number of aromatic nitrogens is 1. The molecule has 0 saturated heterocycles. The number of hydrogen-bond donors (Lipinski definition) is 0. The summed E-state index contributed by atoms with van der Waals surface area (Å²) >= 11 is 0. The van der Waals surface area contributed by atoms with Gasteiger partial charge >= 0.3 is 5.76 Å². The highest BCUT2D eigenvalue weighted by molar-refractivity contribution is 5.93. The van der Waals surface area contributed by atoms with Gasteiger partial charge < -0.3 is 4.42 Å². The molecule has 1 aromatic carbocycles. The van der Waals surface area contributed by atoms with Crippen LogP contribution in [0.3, 0.4) is 0 Å². The van der Waals surface area contributed by atoms with Gasteiger partial charge in [0.25, 0.3) is 0 Å². The number of oxazole rings is 1. The van der Waals surface area contributed by atoms with Crippen molar-refractivity contribution >= 4 is 17.4 Å². The van der Waals surface area contributed by atoms with Gasteiger partial charge in [-0.15, -0.1) is 0 Å². The van der Waals surface area contributed by atoms with E-state index in [-0.39, 0.29) is 0 Å². The number of carbonyl (C=O) groups is 1. The number of rotatable bonds is 1. The van der Waals surface area contributed by atoms with Crippen molar-refractivity contribution in [1.82, 2.24) is 4.57 Å². The Hall–Kier alpha value is -1.84. The fraction of sp³-hybridized carbons (Fsp3) is 0.111. The van der Waals surface area contributed by atoms with Gasteiger partial charge in [-0.25, -0.2) is 4.79 Å². The number of fused-ring (bicyclic) bond motifs is 1. The van der Waals surface area contributed by atoms with Crippen LogP contribution >= 0.6 is 0 Å². The first-order valence-electron chi connectivity index (χ1n) is 3.78. The van der Waals surface area contributed by atoms with Crippen LogP contribution in [0, 0.1) is 0 Å². The molecule has 4 nitrogen and oxygen atoms in total. The number of hydrogen-bond acceptors (Lipinski definition) is 3. The summed E-state index contributed by atoms with van der Waals surface area (Å²) < 4.78 is 6.21. The van der Waals surface area contributed by atoms with E-state index in [1.165, 1.54) is 4.57 Å². The van der Waals surface area contributed by atoms with Gasteiger partial charge in [0, 0.05) is 12.6 Å². The summed E-state index contributed by atoms with van der Waals surface area (Å²) in [6, 6.07) is 4.98. The first-order valence-corrected chi connectivity index (χ1v) is 3.78. The highest BCUT2D eigenvalue weighted by Crippen LogP contribution is 2.14. The lowest BCUT2D eigenvalue weighted by Crippen LogP contribution is -2.09. The van der Waals surface area contributed by atoms with E-state index in [2.05, 4.69) is 0 Å². The van der Waals surface area contributed by atoms with Crippen LogP contribution in [0.1, 0.15) is 10.4 Å². The number of benzene rings is 1. The molecule has 0 aliphatic carbocycles. The Kier molecular flexibility index (Phi) is 1.55. The van der Waals surface area contributed by atoms with Crippen molar-refractivity contribution in [2.45, 2.75) is 0 Å². The van der Waals surface area contributed by atoms with E-state index in [0.29, 0.717) is 22.9 Å². The van der Waals surface area contributed by atoms with E-state index in [9.17, 15) is 9.59 Å². The minimum Gasteiger partial charge on any atom is -0.408 e. The van der Waals surface area contributed by atoms with Crippen LogP contribution < -0.4 is 5.76 Å². The molecule has 0 saturated carbocycles. The molecule has 4 heteroatoms. The Balaban J connectivity index is 3.03. The number of carbonyl (C=O) groups excluding carboxylic acids is 1. The summed E-state index contributed by atoms with van der Waals surface area (Å²) in [5.74, 6) is -0.454. The Bertz CT molecular complexity index is 521. The molecular weight excluding hydrogens is 170 g/mol. The summed E-state index contributed by atoms with van der Waals surface area (Å²) in [7, 11) is 1.57. The molecule has 0 spiro atoms. The van der Waals surface area contributed by atoms with Gasteiger partial charge in [-0.1, -0.05) is 6.07 Å². The molecule has 0 bridgehead atoms. The summed E-state index contributed by atoms with van der Waals surface area (Å²) in [6.45, 7) is 0. The van der Waals surface area contributed by atoms with Crippen molar-refractivity contribution in [2.75, 3.05) is 0 Å². The van der Waals surface area contributed by atoms with Gasteiger partial charge in [0.1, 0.15) is 5.52 Å². The zero-order chi connectivity index (χ0) is 9.42. The molecule has 2 aromatic rings. The summed E-state index contributed by atoms with van der Waals surface area (Å²) in [6.07, 6.45) is 0.706. The van der Waals surface area contributed by atoms with Crippen LogP contribution in [0.25, 0.3) is 11.1 Å². The maximum Gasteiger partial charge on any atom is 0.419 e. The smallest absolute Gasteiger partial charge is 0.408 e. The van der Waals surface area contributed by atoms with Crippen molar-refractivity contribution in [3.63, 3.8) is 0 Å². The quantitative estimate of drug-likeness (QED) is 0.609. The second kappa shape index (κ2) is 2.58. The number of para-hydroxylation sites is 1. The van der Waals surface area contributed by atoms with Crippen LogP contribution in [-0.2, 0) is 7.05 Å². The molecule has 0 aliphatic rings. The minimum atomic E-state index is -0.454. The van der Waals surface area contributed by atoms with E-state index >= 15 is 0 Å². The molecule has 0 amide bonds. The molecule has 0 N–H and O–H groups in total. The van der Waals surface area contributed by atoms with E-state index in [4.69, 9.17) is 4.42 Å². The highest BCUT2D eigenvalue weighted by atomic mass is 16.4. The molecule has 1 aromatic heterocycles. The van der Waals surface area contributed by atoms with Gasteiger partial charge in [0.2, 0.25) is 0 Å². The van der Waals surface area contributed by atoms with Gasteiger partial charge in [-0.05, 0) is 12.1 Å². The molecule has 1 heterocycles. The number of nitrogens with zero attached hydrogens (tertiary/aromatic N) is 1. The predicted molar refractivity (Wildman–Crippen MR) is 46.8 cm³/mol. The van der Waals surface area contributed by atoms with Crippen LogP contribution in [0.2, 0.25) is 0 Å². The summed E-state index contributed by atoms with van der Waals surface area (Å²) in [4.78, 5) is 21.7. The molecule has 66 valence electrons. The van der Waals surface area contributed by atoms with E-state index in [1.807, 2.05) is 0 Å². The summed E-state index contributed by atoms with van der Waals surface area (Å²) in [5, 5.41) is 0. The molecule has 0 aliphatic heterocycles. The van der Waals surface area contributed by atoms with Crippen molar-refractivity contribution < 1.29 is 9.21 Å². The van der Waals surface area contributed by atoms with Crippen LogP contribution in [0.5, 0.6) is 0 Å². The van der Waals surface area contributed by atoms with Gasteiger partial charge in [0.05, 0.1) is 0 Å². The Morgan fingerprint density at radius 3 is 2.92 bits per heavy atom. The normalized spacial score (nSPS) is 10.5. The second-order valence-electron chi connectivity index (χ2n) is 2.74. The fourth-order valence-electron chi connectivity index (χ4n) is 1.33. The fourth-order valence-corrected chi connectivity index (χ4v) is 1.33. The minimum absolute atomic E-state index is 0.442. The number of aldehydes is 1. The predicted octanol–water partition coefficient (Wildman–Crippen LogP) is 0.944. The average Bonchev–Trinajstić information content (AvgIpc) is 2.43. The lowest BCUT2D eigenvalue weighted by molar-refractivity contribution is 0.112. The van der Waals surface area contributed by atoms with Crippen molar-refractivity contribution in [1.29, 1.82) is 0 Å². The van der Waals surface area contributed by atoms with Crippen molar-refractivity contribution in [3.8, 4) is 0 Å². The molecule has 0 unspecified atom stereocenters. The lowest BCUT2D eigenvalue weighted by Gasteiger charge is -1.93. The second-order valence-corrected chi connectivity index (χ2v) is 2.74. The lowest BCUT2D eigenvalue weighted by atomic mass is 10.2. The van der Waals surface area contributed by atoms with Crippen molar-refractivity contribution in [2.24, 2.45) is 7.05 Å². The Morgan fingerprint density at radius 2 is 2.23 bits per heavy atom. The van der Waals surface area contributed by atoms with Crippen LogP contribution in [0.15, 0.2) is 27.4 Å². The maximum absolute atomic E-state index is 11.1. The first-order chi connectivity index (χ1) is 6.24. The highest BCUT2D eigenvalue weighted by Gasteiger charge is 2.08. The van der Waals surface area contributed by atoms with Gasteiger partial charge in [-0.2, -0.15) is 0 Å². The molecule has 13 heavy (non-hydrogen) atoms. The van der Waals surface area contributed by atoms with Gasteiger partial charge in [0.15, 0.2) is 11.9 Å². The standard InChI is InChI=1S/C9H7NO3/c1-10-8-6(5-11)3-2-4-7(8)13-9(10)12/h2-5H,1H3. The molecular formula is C9H7NO3. The zero-order valence-corrected chi connectivity index (χ0v) is 6.98. The third-order valence-corrected chi connectivity index (χ3v) is 1.96. The molecule has 0 atom stereocenters. The van der Waals surface area contributed by atoms with Crippen LogP contribution in [0.4, 0.5) is 0 Å². The van der Waals surface area contributed by atoms with E-state index in [0.717, 1.165) is 0 Å². The monoisotopic (exact) mass is 177 g/mol. The van der Waals surface area contributed by atoms with E-state index in [1.54, 1.807) is 25.2 Å². The third-order valence-electron chi connectivity index (χ3n) is 1.96. The average molecular weight is 177 g/mol. The Labute approximate surface area is 73.4 Å². The molecule has 0 fully saturated rings.